The van der Waals surface area contributed by atoms with Crippen LogP contribution in [0.5, 0.6) is 0 Å². The lowest BCUT2D eigenvalue weighted by Crippen LogP contribution is -2.50. The minimum absolute atomic E-state index is 0.116. The quantitative estimate of drug-likeness (QED) is 0.683. The van der Waals surface area contributed by atoms with Crippen LogP contribution in [-0.4, -0.2) is 18.1 Å². The molecule has 1 aromatic carbocycles. The van der Waals surface area contributed by atoms with Crippen LogP contribution in [0.25, 0.3) is 0 Å². The average Bonchev–Trinajstić information content (AvgIpc) is 2.45. The number of amides is 2. The standard InChI is InChI=1S/C20H30N2O/c1-6-10-16(2)13-17(3)15-21-19(23)22-20(4,5)14-18-11-8-7-9-12-18/h6-12,17H,2,13-15H2,1,3-5H3,(H2,21,22,23)/b10-6-. The Kier molecular flexibility index (Phi) is 7.60. The zero-order valence-electron chi connectivity index (χ0n) is 14.9. The van der Waals surface area contributed by atoms with Crippen LogP contribution in [0.3, 0.4) is 0 Å². The third kappa shape index (κ3) is 8.24. The Morgan fingerprint density at radius 3 is 2.57 bits per heavy atom. The lowest BCUT2D eigenvalue weighted by molar-refractivity contribution is 0.228. The maximum atomic E-state index is 12.1. The monoisotopic (exact) mass is 314 g/mol. The number of hydrogen-bond donors (Lipinski definition) is 2. The number of hydrogen-bond acceptors (Lipinski definition) is 1. The third-order valence-electron chi connectivity index (χ3n) is 3.56. The van der Waals surface area contributed by atoms with Crippen LogP contribution in [0.1, 0.15) is 39.7 Å². The molecule has 0 aliphatic carbocycles. The topological polar surface area (TPSA) is 41.1 Å². The number of carbonyl (C=O) groups excluding carboxylic acids is 1. The van der Waals surface area contributed by atoms with Crippen LogP contribution in [0, 0.1) is 5.92 Å². The van der Waals surface area contributed by atoms with Gasteiger partial charge in [-0.05, 0) is 45.1 Å². The van der Waals surface area contributed by atoms with Gasteiger partial charge >= 0.3 is 6.03 Å². The van der Waals surface area contributed by atoms with E-state index in [1.54, 1.807) is 0 Å². The molecule has 3 heteroatoms. The SMILES string of the molecule is C=C(/C=C\C)CC(C)CNC(=O)NC(C)(C)Cc1ccccc1. The molecule has 0 aliphatic rings. The van der Waals surface area contributed by atoms with Crippen molar-refractivity contribution >= 4 is 6.03 Å². The second-order valence-electron chi connectivity index (χ2n) is 6.85. The molecule has 0 saturated carbocycles. The van der Waals surface area contributed by atoms with Gasteiger partial charge in [-0.2, -0.15) is 0 Å². The van der Waals surface area contributed by atoms with Crippen molar-refractivity contribution in [3.63, 3.8) is 0 Å². The number of rotatable bonds is 8. The zero-order chi connectivity index (χ0) is 17.3. The fourth-order valence-electron chi connectivity index (χ4n) is 2.59. The van der Waals surface area contributed by atoms with Gasteiger partial charge in [0.15, 0.2) is 0 Å². The molecule has 3 nitrogen and oxygen atoms in total. The van der Waals surface area contributed by atoms with E-state index in [1.807, 2.05) is 51.1 Å². The third-order valence-corrected chi connectivity index (χ3v) is 3.56. The van der Waals surface area contributed by atoms with E-state index in [4.69, 9.17) is 0 Å². The molecule has 0 aromatic heterocycles. The van der Waals surface area contributed by atoms with Gasteiger partial charge in [-0.3, -0.25) is 0 Å². The molecule has 0 saturated heterocycles. The highest BCUT2D eigenvalue weighted by molar-refractivity contribution is 5.74. The number of carbonyl (C=O) groups is 1. The van der Waals surface area contributed by atoms with E-state index >= 15 is 0 Å². The fraction of sp³-hybridized carbons (Fsp3) is 0.450. The molecule has 2 N–H and O–H groups in total. The summed E-state index contributed by atoms with van der Waals surface area (Å²) in [5.41, 5.74) is 2.02. The van der Waals surface area contributed by atoms with Gasteiger partial charge in [0, 0.05) is 12.1 Å². The van der Waals surface area contributed by atoms with Crippen LogP contribution < -0.4 is 10.6 Å². The maximum absolute atomic E-state index is 12.1. The van der Waals surface area contributed by atoms with Gasteiger partial charge in [-0.15, -0.1) is 0 Å². The van der Waals surface area contributed by atoms with Crippen molar-refractivity contribution in [2.45, 2.75) is 46.1 Å². The second-order valence-corrected chi connectivity index (χ2v) is 6.85. The molecule has 0 bridgehead atoms. The molecule has 0 spiro atoms. The normalized spacial score (nSPS) is 12.9. The first-order chi connectivity index (χ1) is 10.8. The van der Waals surface area contributed by atoms with Crippen molar-refractivity contribution in [2.75, 3.05) is 6.54 Å². The number of allylic oxidation sites excluding steroid dienone is 3. The summed E-state index contributed by atoms with van der Waals surface area (Å²) in [5.74, 6) is 0.363. The highest BCUT2D eigenvalue weighted by Gasteiger charge is 2.21. The summed E-state index contributed by atoms with van der Waals surface area (Å²) >= 11 is 0. The number of nitrogens with one attached hydrogen (secondary N) is 2. The molecule has 1 unspecified atom stereocenters. The average molecular weight is 314 g/mol. The van der Waals surface area contributed by atoms with E-state index in [1.165, 1.54) is 5.56 Å². The van der Waals surface area contributed by atoms with E-state index in [0.717, 1.165) is 18.4 Å². The van der Waals surface area contributed by atoms with E-state index in [0.29, 0.717) is 12.5 Å². The molecule has 1 aromatic rings. The maximum Gasteiger partial charge on any atom is 0.315 e. The highest BCUT2D eigenvalue weighted by Crippen LogP contribution is 2.13. The van der Waals surface area contributed by atoms with E-state index < -0.39 is 0 Å². The molecular formula is C20H30N2O. The highest BCUT2D eigenvalue weighted by atomic mass is 16.2. The minimum Gasteiger partial charge on any atom is -0.338 e. The Morgan fingerprint density at radius 1 is 1.30 bits per heavy atom. The molecular weight excluding hydrogens is 284 g/mol. The summed E-state index contributed by atoms with van der Waals surface area (Å²) in [7, 11) is 0. The van der Waals surface area contributed by atoms with E-state index in [-0.39, 0.29) is 11.6 Å². The predicted molar refractivity (Wildman–Crippen MR) is 98.5 cm³/mol. The number of urea groups is 1. The lowest BCUT2D eigenvalue weighted by Gasteiger charge is -2.27. The first-order valence-electron chi connectivity index (χ1n) is 8.23. The van der Waals surface area contributed by atoms with Crippen molar-refractivity contribution in [1.29, 1.82) is 0 Å². The first kappa shape index (κ1) is 19.0. The molecule has 1 atom stereocenters. The van der Waals surface area contributed by atoms with E-state index in [2.05, 4.69) is 36.3 Å². The van der Waals surface area contributed by atoms with Gasteiger partial charge in [0.1, 0.15) is 0 Å². The predicted octanol–water partition coefficient (Wildman–Crippen LogP) is 4.47. The van der Waals surface area contributed by atoms with Crippen molar-refractivity contribution in [2.24, 2.45) is 5.92 Å². The van der Waals surface area contributed by atoms with Gasteiger partial charge in [0.2, 0.25) is 0 Å². The van der Waals surface area contributed by atoms with Crippen LogP contribution >= 0.6 is 0 Å². The Balaban J connectivity index is 2.38. The summed E-state index contributed by atoms with van der Waals surface area (Å²) in [5, 5.41) is 6.01. The molecule has 0 radical (unpaired) electrons. The molecule has 23 heavy (non-hydrogen) atoms. The summed E-state index contributed by atoms with van der Waals surface area (Å²) in [6.45, 7) is 12.8. The number of benzene rings is 1. The van der Waals surface area contributed by atoms with Gasteiger partial charge < -0.3 is 10.6 Å². The van der Waals surface area contributed by atoms with Gasteiger partial charge in [0.05, 0.1) is 0 Å². The van der Waals surface area contributed by atoms with Crippen LogP contribution in [0.15, 0.2) is 54.6 Å². The van der Waals surface area contributed by atoms with Gasteiger partial charge in [-0.25, -0.2) is 4.79 Å². The molecule has 0 heterocycles. The molecule has 1 rings (SSSR count). The Labute approximate surface area is 140 Å². The van der Waals surface area contributed by atoms with Gasteiger partial charge in [-0.1, -0.05) is 61.6 Å². The largest absolute Gasteiger partial charge is 0.338 e. The van der Waals surface area contributed by atoms with Crippen molar-refractivity contribution in [3.8, 4) is 0 Å². The van der Waals surface area contributed by atoms with Crippen LogP contribution in [-0.2, 0) is 6.42 Å². The zero-order valence-corrected chi connectivity index (χ0v) is 14.9. The molecule has 2 amide bonds. The summed E-state index contributed by atoms with van der Waals surface area (Å²) in [4.78, 5) is 12.1. The molecule has 0 fully saturated rings. The van der Waals surface area contributed by atoms with Crippen molar-refractivity contribution in [1.82, 2.24) is 10.6 Å². The lowest BCUT2D eigenvalue weighted by atomic mass is 9.95. The minimum atomic E-state index is -0.288. The van der Waals surface area contributed by atoms with Crippen molar-refractivity contribution < 1.29 is 4.79 Å². The van der Waals surface area contributed by atoms with Gasteiger partial charge in [0.25, 0.3) is 0 Å². The fourth-order valence-corrected chi connectivity index (χ4v) is 2.59. The van der Waals surface area contributed by atoms with Crippen molar-refractivity contribution in [3.05, 3.63) is 60.2 Å². The summed E-state index contributed by atoms with van der Waals surface area (Å²) < 4.78 is 0. The van der Waals surface area contributed by atoms with Crippen LogP contribution in [0.4, 0.5) is 4.79 Å². The first-order valence-corrected chi connectivity index (χ1v) is 8.23. The Bertz CT molecular complexity index is 532. The van der Waals surface area contributed by atoms with E-state index in [9.17, 15) is 4.79 Å². The second kappa shape index (κ2) is 9.19. The molecule has 126 valence electrons. The summed E-state index contributed by atoms with van der Waals surface area (Å²) in [6.07, 6.45) is 5.69. The Morgan fingerprint density at radius 2 is 1.96 bits per heavy atom. The smallest absolute Gasteiger partial charge is 0.315 e. The molecule has 0 aliphatic heterocycles. The van der Waals surface area contributed by atoms with Crippen LogP contribution in [0.2, 0.25) is 0 Å². The summed E-state index contributed by atoms with van der Waals surface area (Å²) in [6, 6.07) is 10.1. The Hall–Kier alpha value is -2.03.